The smallest absolute Gasteiger partial charge is 0.00570 e. The van der Waals surface area contributed by atoms with Crippen molar-refractivity contribution < 1.29 is 0 Å². The van der Waals surface area contributed by atoms with Crippen molar-refractivity contribution in [1.82, 2.24) is 0 Å². The van der Waals surface area contributed by atoms with Crippen LogP contribution in [0.1, 0.15) is 33.1 Å². The van der Waals surface area contributed by atoms with E-state index in [2.05, 4.69) is 36.4 Å². The van der Waals surface area contributed by atoms with Crippen molar-refractivity contribution in [3.05, 3.63) is 12.7 Å². The van der Waals surface area contributed by atoms with E-state index in [4.69, 9.17) is 0 Å². The summed E-state index contributed by atoms with van der Waals surface area (Å²) in [4.78, 5) is 0. The molecule has 0 rings (SSSR count). The van der Waals surface area contributed by atoms with Crippen LogP contribution in [0.25, 0.3) is 0 Å². The molecule has 0 aliphatic heterocycles. The van der Waals surface area contributed by atoms with E-state index in [-0.39, 0.29) is 0 Å². The van der Waals surface area contributed by atoms with Gasteiger partial charge in [-0.15, -0.1) is 6.58 Å². The summed E-state index contributed by atoms with van der Waals surface area (Å²) in [5.74, 6) is 1.52. The quantitative estimate of drug-likeness (QED) is 0.467. The Bertz CT molecular complexity index is 99.0. The summed E-state index contributed by atoms with van der Waals surface area (Å²) in [5.41, 5.74) is 0. The summed E-state index contributed by atoms with van der Waals surface area (Å²) < 4.78 is 0. The highest BCUT2D eigenvalue weighted by Crippen LogP contribution is 2.14. The van der Waals surface area contributed by atoms with Crippen LogP contribution in [-0.2, 0) is 0 Å². The molecular formula is C10H19Br. The Kier molecular flexibility index (Phi) is 7.04. The zero-order valence-electron chi connectivity index (χ0n) is 7.65. The van der Waals surface area contributed by atoms with Crippen LogP contribution in [0, 0.1) is 11.8 Å². The Morgan fingerprint density at radius 1 is 1.36 bits per heavy atom. The number of alkyl halides is 1. The van der Waals surface area contributed by atoms with E-state index in [0.717, 1.165) is 11.2 Å². The molecule has 66 valence electrons. The van der Waals surface area contributed by atoms with Crippen molar-refractivity contribution in [3.63, 3.8) is 0 Å². The first kappa shape index (κ1) is 11.2. The molecule has 0 heterocycles. The van der Waals surface area contributed by atoms with Crippen LogP contribution in [0.3, 0.4) is 0 Å². The standard InChI is InChI=1S/C10H19Br/c1-4-9(2)6-5-7-10(3)8-11/h4,9-10H,1,5-8H2,2-3H3/t9-,10-/m1/s1. The average molecular weight is 219 g/mol. The zero-order valence-corrected chi connectivity index (χ0v) is 9.23. The van der Waals surface area contributed by atoms with Gasteiger partial charge in [-0.3, -0.25) is 0 Å². The molecule has 0 unspecified atom stereocenters. The molecule has 0 aliphatic carbocycles. The lowest BCUT2D eigenvalue weighted by Crippen LogP contribution is -1.97. The first-order valence-corrected chi connectivity index (χ1v) is 5.51. The SMILES string of the molecule is C=C[C@@H](C)CCC[C@@H](C)CBr. The summed E-state index contributed by atoms with van der Waals surface area (Å²) in [5, 5.41) is 1.13. The van der Waals surface area contributed by atoms with Gasteiger partial charge in [0, 0.05) is 5.33 Å². The molecule has 0 aromatic rings. The van der Waals surface area contributed by atoms with Gasteiger partial charge in [-0.05, 0) is 24.7 Å². The maximum Gasteiger partial charge on any atom is 0.00570 e. The molecule has 0 N–H and O–H groups in total. The fraction of sp³-hybridized carbons (Fsp3) is 0.800. The Hall–Kier alpha value is 0.220. The van der Waals surface area contributed by atoms with Crippen LogP contribution in [0.5, 0.6) is 0 Å². The number of allylic oxidation sites excluding steroid dienone is 1. The highest BCUT2D eigenvalue weighted by atomic mass is 79.9. The van der Waals surface area contributed by atoms with E-state index >= 15 is 0 Å². The van der Waals surface area contributed by atoms with E-state index in [1.165, 1.54) is 19.3 Å². The molecule has 11 heavy (non-hydrogen) atoms. The number of hydrogen-bond donors (Lipinski definition) is 0. The molecule has 2 atom stereocenters. The summed E-state index contributed by atoms with van der Waals surface area (Å²) in [7, 11) is 0. The lowest BCUT2D eigenvalue weighted by Gasteiger charge is -2.08. The Balaban J connectivity index is 3.19. The summed E-state index contributed by atoms with van der Waals surface area (Å²) in [6.45, 7) is 8.28. The predicted molar refractivity (Wildman–Crippen MR) is 56.2 cm³/mol. The van der Waals surface area contributed by atoms with Crippen LogP contribution in [-0.4, -0.2) is 5.33 Å². The molecule has 0 saturated heterocycles. The molecule has 0 spiro atoms. The van der Waals surface area contributed by atoms with Crippen LogP contribution in [0.4, 0.5) is 0 Å². The Labute approximate surface area is 79.2 Å². The molecule has 0 fully saturated rings. The maximum atomic E-state index is 3.77. The third-order valence-electron chi connectivity index (χ3n) is 2.02. The van der Waals surface area contributed by atoms with Gasteiger partial charge < -0.3 is 0 Å². The lowest BCUT2D eigenvalue weighted by molar-refractivity contribution is 0.508. The highest BCUT2D eigenvalue weighted by Gasteiger charge is 2.00. The van der Waals surface area contributed by atoms with Gasteiger partial charge in [0.25, 0.3) is 0 Å². The van der Waals surface area contributed by atoms with Gasteiger partial charge in [0.15, 0.2) is 0 Å². The molecule has 0 aliphatic rings. The van der Waals surface area contributed by atoms with E-state index < -0.39 is 0 Å². The summed E-state index contributed by atoms with van der Waals surface area (Å²) >= 11 is 3.48. The molecule has 0 nitrogen and oxygen atoms in total. The van der Waals surface area contributed by atoms with Crippen molar-refractivity contribution >= 4 is 15.9 Å². The fourth-order valence-electron chi connectivity index (χ4n) is 0.983. The monoisotopic (exact) mass is 218 g/mol. The average Bonchev–Trinajstić information content (AvgIpc) is 2.04. The van der Waals surface area contributed by atoms with E-state index in [1.807, 2.05) is 6.08 Å². The predicted octanol–water partition coefficient (Wildman–Crippen LogP) is 4.01. The van der Waals surface area contributed by atoms with Crippen molar-refractivity contribution in [2.75, 3.05) is 5.33 Å². The summed E-state index contributed by atoms with van der Waals surface area (Å²) in [6.07, 6.45) is 6.00. The molecule has 0 bridgehead atoms. The van der Waals surface area contributed by atoms with Crippen LogP contribution < -0.4 is 0 Å². The van der Waals surface area contributed by atoms with E-state index in [0.29, 0.717) is 5.92 Å². The normalized spacial score (nSPS) is 15.9. The minimum atomic E-state index is 0.692. The zero-order chi connectivity index (χ0) is 8.69. The Morgan fingerprint density at radius 2 is 2.00 bits per heavy atom. The van der Waals surface area contributed by atoms with Gasteiger partial charge in [0.2, 0.25) is 0 Å². The lowest BCUT2D eigenvalue weighted by atomic mass is 10.00. The molecule has 0 amide bonds. The van der Waals surface area contributed by atoms with Crippen molar-refractivity contribution in [2.24, 2.45) is 11.8 Å². The second-order valence-corrected chi connectivity index (χ2v) is 4.05. The van der Waals surface area contributed by atoms with Gasteiger partial charge in [0.1, 0.15) is 0 Å². The second kappa shape index (κ2) is 6.90. The molecule has 0 radical (unpaired) electrons. The second-order valence-electron chi connectivity index (χ2n) is 3.40. The van der Waals surface area contributed by atoms with Gasteiger partial charge in [-0.1, -0.05) is 42.3 Å². The number of halogens is 1. The highest BCUT2D eigenvalue weighted by molar-refractivity contribution is 9.09. The molecule has 0 aromatic carbocycles. The maximum absolute atomic E-state index is 3.77. The van der Waals surface area contributed by atoms with Crippen LogP contribution in [0.15, 0.2) is 12.7 Å². The number of rotatable bonds is 6. The molecule has 1 heteroatoms. The first-order chi connectivity index (χ1) is 5.20. The first-order valence-electron chi connectivity index (χ1n) is 4.39. The van der Waals surface area contributed by atoms with Gasteiger partial charge in [0.05, 0.1) is 0 Å². The van der Waals surface area contributed by atoms with Gasteiger partial charge >= 0.3 is 0 Å². The molecular weight excluding hydrogens is 200 g/mol. The van der Waals surface area contributed by atoms with Crippen molar-refractivity contribution in [1.29, 1.82) is 0 Å². The van der Waals surface area contributed by atoms with Gasteiger partial charge in [-0.2, -0.15) is 0 Å². The third-order valence-corrected chi connectivity index (χ3v) is 3.13. The minimum Gasteiger partial charge on any atom is -0.103 e. The third kappa shape index (κ3) is 6.61. The topological polar surface area (TPSA) is 0 Å². The molecule has 0 aromatic heterocycles. The largest absolute Gasteiger partial charge is 0.103 e. The van der Waals surface area contributed by atoms with Crippen molar-refractivity contribution in [3.8, 4) is 0 Å². The fourth-order valence-corrected chi connectivity index (χ4v) is 1.31. The van der Waals surface area contributed by atoms with Crippen LogP contribution >= 0.6 is 15.9 Å². The van der Waals surface area contributed by atoms with Crippen molar-refractivity contribution in [2.45, 2.75) is 33.1 Å². The Morgan fingerprint density at radius 3 is 2.45 bits per heavy atom. The number of hydrogen-bond acceptors (Lipinski definition) is 0. The molecule has 0 saturated carbocycles. The summed E-state index contributed by atoms with van der Waals surface area (Å²) in [6, 6.07) is 0. The van der Waals surface area contributed by atoms with E-state index in [9.17, 15) is 0 Å². The van der Waals surface area contributed by atoms with Gasteiger partial charge in [-0.25, -0.2) is 0 Å². The van der Waals surface area contributed by atoms with Crippen LogP contribution in [0.2, 0.25) is 0 Å². The minimum absolute atomic E-state index is 0.692. The van der Waals surface area contributed by atoms with E-state index in [1.54, 1.807) is 0 Å².